The van der Waals surface area contributed by atoms with Gasteiger partial charge >= 0.3 is 6.11 Å². The van der Waals surface area contributed by atoms with Crippen molar-refractivity contribution in [2.75, 3.05) is 13.2 Å². The van der Waals surface area contributed by atoms with Crippen LogP contribution in [-0.4, -0.2) is 13.2 Å². The molecule has 0 unspecified atom stereocenters. The molecule has 0 atom stereocenters. The molecular formula is C28H25F7O2. The van der Waals surface area contributed by atoms with Gasteiger partial charge in [0.05, 0.1) is 5.56 Å². The normalized spacial score (nSPS) is 18.2. The van der Waals surface area contributed by atoms with Gasteiger partial charge in [0.2, 0.25) is 5.82 Å². The first kappa shape index (κ1) is 27.0. The number of halogens is 7. The summed E-state index contributed by atoms with van der Waals surface area (Å²) >= 11 is 0. The summed E-state index contributed by atoms with van der Waals surface area (Å²) in [6.07, 6.45) is -0.984. The van der Waals surface area contributed by atoms with Crippen molar-refractivity contribution in [3.05, 3.63) is 88.7 Å². The summed E-state index contributed by atoms with van der Waals surface area (Å²) in [4.78, 5) is 0. The molecule has 0 saturated heterocycles. The van der Waals surface area contributed by atoms with Crippen LogP contribution in [0.2, 0.25) is 0 Å². The number of benzene rings is 3. The van der Waals surface area contributed by atoms with Gasteiger partial charge in [0.25, 0.3) is 0 Å². The number of rotatable bonds is 8. The molecule has 1 aliphatic rings. The lowest BCUT2D eigenvalue weighted by molar-refractivity contribution is -0.189. The molecule has 0 aliphatic heterocycles. The van der Waals surface area contributed by atoms with Crippen LogP contribution in [0.1, 0.15) is 49.7 Å². The quantitative estimate of drug-likeness (QED) is 0.274. The third-order valence-electron chi connectivity index (χ3n) is 6.70. The predicted octanol–water partition coefficient (Wildman–Crippen LogP) is 8.49. The van der Waals surface area contributed by atoms with Crippen molar-refractivity contribution in [1.29, 1.82) is 0 Å². The fraction of sp³-hybridized carbons (Fsp3) is 0.357. The molecule has 9 heteroatoms. The van der Waals surface area contributed by atoms with Crippen LogP contribution < -0.4 is 4.74 Å². The van der Waals surface area contributed by atoms with Crippen molar-refractivity contribution in [2.24, 2.45) is 5.92 Å². The first-order valence-corrected chi connectivity index (χ1v) is 12.0. The predicted molar refractivity (Wildman–Crippen MR) is 124 cm³/mol. The Bertz CT molecular complexity index is 1250. The molecule has 37 heavy (non-hydrogen) atoms. The zero-order valence-corrected chi connectivity index (χ0v) is 20.0. The molecule has 3 aromatic carbocycles. The molecule has 0 radical (unpaired) electrons. The lowest BCUT2D eigenvalue weighted by Crippen LogP contribution is -2.24. The van der Waals surface area contributed by atoms with Crippen molar-refractivity contribution in [3.63, 3.8) is 0 Å². The van der Waals surface area contributed by atoms with Gasteiger partial charge in [-0.2, -0.15) is 13.2 Å². The third-order valence-corrected chi connectivity index (χ3v) is 6.70. The van der Waals surface area contributed by atoms with Crippen molar-refractivity contribution in [3.8, 4) is 16.9 Å². The van der Waals surface area contributed by atoms with Crippen LogP contribution >= 0.6 is 0 Å². The number of hydrogen-bond acceptors (Lipinski definition) is 2. The summed E-state index contributed by atoms with van der Waals surface area (Å²) in [7, 11) is 0. The summed E-state index contributed by atoms with van der Waals surface area (Å²) in [6.45, 7) is 3.22. The highest BCUT2D eigenvalue weighted by atomic mass is 19.3. The first-order chi connectivity index (χ1) is 17.6. The van der Waals surface area contributed by atoms with Gasteiger partial charge in [-0.3, -0.25) is 0 Å². The third kappa shape index (κ3) is 5.92. The van der Waals surface area contributed by atoms with Crippen LogP contribution in [-0.2, 0) is 10.8 Å². The maximum atomic E-state index is 14.8. The van der Waals surface area contributed by atoms with Crippen molar-refractivity contribution < 1.29 is 40.2 Å². The second-order valence-electron chi connectivity index (χ2n) is 9.10. The van der Waals surface area contributed by atoms with E-state index in [4.69, 9.17) is 4.74 Å². The highest BCUT2D eigenvalue weighted by molar-refractivity contribution is 5.65. The first-order valence-electron chi connectivity index (χ1n) is 12.0. The van der Waals surface area contributed by atoms with Crippen LogP contribution in [0, 0.1) is 35.0 Å². The van der Waals surface area contributed by atoms with E-state index in [-0.39, 0.29) is 11.5 Å². The molecule has 1 fully saturated rings. The van der Waals surface area contributed by atoms with Gasteiger partial charge in [-0.25, -0.2) is 17.6 Å². The summed E-state index contributed by atoms with van der Waals surface area (Å²) < 4.78 is 110. The molecule has 0 N–H and O–H groups in total. The minimum absolute atomic E-state index is 0.0198. The van der Waals surface area contributed by atoms with Crippen molar-refractivity contribution in [2.45, 2.75) is 44.6 Å². The molecule has 3 aromatic rings. The average Bonchev–Trinajstić information content (AvgIpc) is 2.87. The molecular weight excluding hydrogens is 501 g/mol. The maximum absolute atomic E-state index is 14.8. The van der Waals surface area contributed by atoms with E-state index >= 15 is 0 Å². The molecule has 0 heterocycles. The number of alkyl halides is 2. The smallest absolute Gasteiger partial charge is 0.426 e. The van der Waals surface area contributed by atoms with Gasteiger partial charge in [0.1, 0.15) is 5.82 Å². The molecule has 1 aliphatic carbocycles. The lowest BCUT2D eigenvalue weighted by Gasteiger charge is -2.29. The van der Waals surface area contributed by atoms with Crippen LogP contribution in [0.4, 0.5) is 30.7 Å². The minimum Gasteiger partial charge on any atom is -0.426 e. The highest BCUT2D eigenvalue weighted by Gasteiger charge is 2.39. The van der Waals surface area contributed by atoms with E-state index < -0.39 is 52.1 Å². The monoisotopic (exact) mass is 526 g/mol. The number of hydrogen-bond donors (Lipinski definition) is 0. The molecule has 1 saturated carbocycles. The molecule has 198 valence electrons. The average molecular weight is 526 g/mol. The summed E-state index contributed by atoms with van der Waals surface area (Å²) in [5.74, 6) is -7.80. The fourth-order valence-corrected chi connectivity index (χ4v) is 4.66. The van der Waals surface area contributed by atoms with Crippen LogP contribution in [0.3, 0.4) is 0 Å². The molecule has 0 amide bonds. The van der Waals surface area contributed by atoms with E-state index in [0.717, 1.165) is 62.1 Å². The largest absolute Gasteiger partial charge is 0.429 e. The molecule has 2 nitrogen and oxygen atoms in total. The van der Waals surface area contributed by atoms with Gasteiger partial charge in [-0.15, -0.1) is 0 Å². The van der Waals surface area contributed by atoms with E-state index in [1.807, 2.05) is 6.92 Å². The van der Waals surface area contributed by atoms with Gasteiger partial charge in [0, 0.05) is 18.8 Å². The van der Waals surface area contributed by atoms with E-state index in [1.54, 1.807) is 0 Å². The van der Waals surface area contributed by atoms with Crippen LogP contribution in [0.25, 0.3) is 11.1 Å². The highest BCUT2D eigenvalue weighted by Crippen LogP contribution is 2.40. The van der Waals surface area contributed by atoms with Gasteiger partial charge in [-0.05, 0) is 92.0 Å². The van der Waals surface area contributed by atoms with Crippen LogP contribution in [0.15, 0.2) is 48.5 Å². The van der Waals surface area contributed by atoms with Crippen LogP contribution in [0.5, 0.6) is 5.75 Å². The van der Waals surface area contributed by atoms with Crippen molar-refractivity contribution in [1.82, 2.24) is 0 Å². The van der Waals surface area contributed by atoms with Gasteiger partial charge in [-0.1, -0.05) is 12.1 Å². The maximum Gasteiger partial charge on any atom is 0.429 e. The fourth-order valence-electron chi connectivity index (χ4n) is 4.66. The Morgan fingerprint density at radius 2 is 1.51 bits per heavy atom. The molecule has 0 aromatic heterocycles. The standard InChI is InChI=1S/C28H25F7O2/c1-2-36-15-16-3-5-17(6-4-16)18-7-10-21(23(30)13-18)28(34,35)37-25-12-9-20(26(32)27(25)33)19-8-11-22(29)24(31)14-19/h7-14,16-17H,2-6,15H2,1H3. The molecule has 0 spiro atoms. The Balaban J connectivity index is 1.50. The Hall–Kier alpha value is -3.07. The Labute approximate surface area is 210 Å². The summed E-state index contributed by atoms with van der Waals surface area (Å²) in [5.41, 5.74) is -1.23. The second-order valence-corrected chi connectivity index (χ2v) is 9.10. The summed E-state index contributed by atoms with van der Waals surface area (Å²) in [6, 6.07) is 7.29. The van der Waals surface area contributed by atoms with E-state index in [1.165, 1.54) is 6.07 Å². The lowest BCUT2D eigenvalue weighted by atomic mass is 9.79. The zero-order chi connectivity index (χ0) is 26.7. The van der Waals surface area contributed by atoms with E-state index in [9.17, 15) is 30.7 Å². The Kier molecular flexibility index (Phi) is 8.11. The van der Waals surface area contributed by atoms with Gasteiger partial charge < -0.3 is 9.47 Å². The Morgan fingerprint density at radius 3 is 2.16 bits per heavy atom. The van der Waals surface area contributed by atoms with Gasteiger partial charge in [0.15, 0.2) is 23.2 Å². The minimum atomic E-state index is -4.31. The van der Waals surface area contributed by atoms with Crippen molar-refractivity contribution >= 4 is 0 Å². The number of ether oxygens (including phenoxy) is 2. The van der Waals surface area contributed by atoms with E-state index in [2.05, 4.69) is 4.74 Å². The summed E-state index contributed by atoms with van der Waals surface area (Å²) in [5, 5.41) is 0. The Morgan fingerprint density at radius 1 is 0.784 bits per heavy atom. The van der Waals surface area contributed by atoms with E-state index in [0.29, 0.717) is 30.8 Å². The molecule has 0 bridgehead atoms. The second kappa shape index (κ2) is 11.1. The topological polar surface area (TPSA) is 18.5 Å². The molecule has 4 rings (SSSR count). The zero-order valence-electron chi connectivity index (χ0n) is 20.0. The SMILES string of the molecule is CCOCC1CCC(c2ccc(C(F)(F)Oc3ccc(-c4ccc(F)c(F)c4)c(F)c3F)c(F)c2)CC1.